The first-order valence-corrected chi connectivity index (χ1v) is 7.50. The van der Waals surface area contributed by atoms with Crippen molar-refractivity contribution in [3.63, 3.8) is 0 Å². The highest BCUT2D eigenvalue weighted by Gasteiger charge is 2.11. The minimum atomic E-state index is -0.830. The van der Waals surface area contributed by atoms with E-state index in [4.69, 9.17) is 16.3 Å². The van der Waals surface area contributed by atoms with Gasteiger partial charge in [0.25, 0.3) is 0 Å². The SMILES string of the molecule is COc1cccc(C(O)CNC(=O)Nc2cc(C)ccc2Cl)c1. The van der Waals surface area contributed by atoms with Crippen LogP contribution in [0, 0.1) is 6.92 Å². The molecule has 0 fully saturated rings. The van der Waals surface area contributed by atoms with Gasteiger partial charge < -0.3 is 20.5 Å². The summed E-state index contributed by atoms with van der Waals surface area (Å²) in [6, 6.07) is 12.0. The van der Waals surface area contributed by atoms with Crippen LogP contribution in [-0.2, 0) is 0 Å². The van der Waals surface area contributed by atoms with Crippen LogP contribution in [0.25, 0.3) is 0 Å². The molecule has 1 atom stereocenters. The van der Waals surface area contributed by atoms with E-state index in [9.17, 15) is 9.90 Å². The zero-order valence-corrected chi connectivity index (χ0v) is 13.7. The number of halogens is 1. The third kappa shape index (κ3) is 4.87. The Labute approximate surface area is 140 Å². The number of aliphatic hydroxyl groups excluding tert-OH is 1. The van der Waals surface area contributed by atoms with Gasteiger partial charge in [0.1, 0.15) is 5.75 Å². The van der Waals surface area contributed by atoms with Gasteiger partial charge in [-0.05, 0) is 42.3 Å². The van der Waals surface area contributed by atoms with E-state index in [0.717, 1.165) is 5.56 Å². The number of carbonyl (C=O) groups is 1. The molecule has 2 aromatic rings. The Hall–Kier alpha value is -2.24. The van der Waals surface area contributed by atoms with Gasteiger partial charge in [-0.15, -0.1) is 0 Å². The lowest BCUT2D eigenvalue weighted by Gasteiger charge is -2.14. The Bertz CT molecular complexity index is 691. The van der Waals surface area contributed by atoms with E-state index < -0.39 is 12.1 Å². The van der Waals surface area contributed by atoms with E-state index in [2.05, 4.69) is 10.6 Å². The van der Waals surface area contributed by atoms with Crippen molar-refractivity contribution >= 4 is 23.3 Å². The summed E-state index contributed by atoms with van der Waals surface area (Å²) in [4.78, 5) is 11.9. The highest BCUT2D eigenvalue weighted by molar-refractivity contribution is 6.33. The van der Waals surface area contributed by atoms with Crippen LogP contribution in [0.5, 0.6) is 5.75 Å². The summed E-state index contributed by atoms with van der Waals surface area (Å²) < 4.78 is 5.11. The number of urea groups is 1. The van der Waals surface area contributed by atoms with E-state index in [1.807, 2.05) is 13.0 Å². The second kappa shape index (κ2) is 7.85. The molecule has 0 aliphatic carbocycles. The largest absolute Gasteiger partial charge is 0.497 e. The van der Waals surface area contributed by atoms with Crippen molar-refractivity contribution in [3.8, 4) is 5.75 Å². The number of hydrogen-bond acceptors (Lipinski definition) is 3. The molecule has 0 bridgehead atoms. The quantitative estimate of drug-likeness (QED) is 0.783. The first-order valence-electron chi connectivity index (χ1n) is 7.12. The van der Waals surface area contributed by atoms with Crippen LogP contribution in [0.15, 0.2) is 42.5 Å². The van der Waals surface area contributed by atoms with Crippen LogP contribution in [0.4, 0.5) is 10.5 Å². The highest BCUT2D eigenvalue weighted by Crippen LogP contribution is 2.22. The second-order valence-electron chi connectivity index (χ2n) is 5.11. The highest BCUT2D eigenvalue weighted by atomic mass is 35.5. The topological polar surface area (TPSA) is 70.6 Å². The number of methoxy groups -OCH3 is 1. The van der Waals surface area contributed by atoms with Crippen molar-refractivity contribution in [1.82, 2.24) is 5.32 Å². The van der Waals surface area contributed by atoms with Gasteiger partial charge in [-0.2, -0.15) is 0 Å². The van der Waals surface area contributed by atoms with Crippen molar-refractivity contribution in [2.75, 3.05) is 19.0 Å². The Morgan fingerprint density at radius 3 is 2.83 bits per heavy atom. The fraction of sp³-hybridized carbons (Fsp3) is 0.235. The van der Waals surface area contributed by atoms with E-state index >= 15 is 0 Å². The molecule has 0 aliphatic heterocycles. The number of nitrogens with one attached hydrogen (secondary N) is 2. The molecular weight excluding hydrogens is 316 g/mol. The molecule has 2 rings (SSSR count). The monoisotopic (exact) mass is 334 g/mol. The van der Waals surface area contributed by atoms with Crippen LogP contribution < -0.4 is 15.4 Å². The van der Waals surface area contributed by atoms with E-state index in [0.29, 0.717) is 22.0 Å². The van der Waals surface area contributed by atoms with Gasteiger partial charge in [-0.1, -0.05) is 29.8 Å². The van der Waals surface area contributed by atoms with Crippen LogP contribution in [0.3, 0.4) is 0 Å². The summed E-state index contributed by atoms with van der Waals surface area (Å²) in [5.41, 5.74) is 2.18. The number of ether oxygens (including phenoxy) is 1. The third-order valence-electron chi connectivity index (χ3n) is 3.30. The molecule has 0 spiro atoms. The number of hydrogen-bond donors (Lipinski definition) is 3. The summed E-state index contributed by atoms with van der Waals surface area (Å²) in [7, 11) is 1.56. The predicted molar refractivity (Wildman–Crippen MR) is 91.2 cm³/mol. The summed E-state index contributed by atoms with van der Waals surface area (Å²) in [5.74, 6) is 0.651. The first kappa shape index (κ1) is 17.1. The van der Waals surface area contributed by atoms with Crippen molar-refractivity contribution in [2.45, 2.75) is 13.0 Å². The van der Waals surface area contributed by atoms with Gasteiger partial charge in [-0.3, -0.25) is 0 Å². The standard InChI is InChI=1S/C17H19ClN2O3/c1-11-6-7-14(18)15(8-11)20-17(22)19-10-16(21)12-4-3-5-13(9-12)23-2/h3-9,16,21H,10H2,1-2H3,(H2,19,20,22). The molecule has 0 radical (unpaired) electrons. The van der Waals surface area contributed by atoms with Crippen molar-refractivity contribution < 1.29 is 14.6 Å². The van der Waals surface area contributed by atoms with Gasteiger partial charge in [-0.25, -0.2) is 4.79 Å². The maximum absolute atomic E-state index is 11.9. The fourth-order valence-electron chi connectivity index (χ4n) is 2.06. The lowest BCUT2D eigenvalue weighted by Crippen LogP contribution is -2.32. The van der Waals surface area contributed by atoms with Gasteiger partial charge in [0, 0.05) is 6.54 Å². The molecule has 0 aromatic heterocycles. The average molecular weight is 335 g/mol. The average Bonchev–Trinajstić information content (AvgIpc) is 2.56. The molecule has 0 aliphatic rings. The molecule has 2 amide bonds. The molecule has 2 aromatic carbocycles. The molecule has 3 N–H and O–H groups in total. The summed E-state index contributed by atoms with van der Waals surface area (Å²) in [5, 5.41) is 15.9. The fourth-order valence-corrected chi connectivity index (χ4v) is 2.22. The summed E-state index contributed by atoms with van der Waals surface area (Å²) in [6.07, 6.45) is -0.830. The number of carbonyl (C=O) groups excluding carboxylic acids is 1. The molecule has 23 heavy (non-hydrogen) atoms. The van der Waals surface area contributed by atoms with Gasteiger partial charge >= 0.3 is 6.03 Å². The third-order valence-corrected chi connectivity index (χ3v) is 3.63. The number of amides is 2. The number of rotatable bonds is 5. The molecule has 1 unspecified atom stereocenters. The molecule has 0 saturated carbocycles. The number of benzene rings is 2. The van der Waals surface area contributed by atoms with Crippen molar-refractivity contribution in [1.29, 1.82) is 0 Å². The Morgan fingerprint density at radius 2 is 2.09 bits per heavy atom. The minimum absolute atomic E-state index is 0.0719. The van der Waals surface area contributed by atoms with Crippen LogP contribution in [-0.4, -0.2) is 24.8 Å². The smallest absolute Gasteiger partial charge is 0.319 e. The molecule has 5 nitrogen and oxygen atoms in total. The Balaban J connectivity index is 1.92. The first-order chi connectivity index (χ1) is 11.0. The van der Waals surface area contributed by atoms with E-state index in [1.54, 1.807) is 43.5 Å². The van der Waals surface area contributed by atoms with Gasteiger partial charge in [0.2, 0.25) is 0 Å². The lowest BCUT2D eigenvalue weighted by atomic mass is 10.1. The van der Waals surface area contributed by atoms with Crippen molar-refractivity contribution in [3.05, 3.63) is 58.6 Å². The second-order valence-corrected chi connectivity index (χ2v) is 5.52. The van der Waals surface area contributed by atoms with E-state index in [1.165, 1.54) is 0 Å². The van der Waals surface area contributed by atoms with Gasteiger partial charge in [0.15, 0.2) is 0 Å². The van der Waals surface area contributed by atoms with Crippen LogP contribution >= 0.6 is 11.6 Å². The molecule has 122 valence electrons. The normalized spacial score (nSPS) is 11.7. The van der Waals surface area contributed by atoms with Crippen LogP contribution in [0.1, 0.15) is 17.2 Å². The Morgan fingerprint density at radius 1 is 1.30 bits per heavy atom. The minimum Gasteiger partial charge on any atom is -0.497 e. The van der Waals surface area contributed by atoms with Crippen LogP contribution in [0.2, 0.25) is 5.02 Å². The number of aryl methyl sites for hydroxylation is 1. The number of anilines is 1. The molecular formula is C17H19ClN2O3. The van der Waals surface area contributed by atoms with Gasteiger partial charge in [0.05, 0.1) is 23.9 Å². The molecule has 6 heteroatoms. The molecule has 0 heterocycles. The zero-order valence-electron chi connectivity index (χ0n) is 13.0. The maximum atomic E-state index is 11.9. The Kier molecular flexibility index (Phi) is 5.84. The number of aliphatic hydroxyl groups is 1. The summed E-state index contributed by atoms with van der Waals surface area (Å²) in [6.45, 7) is 1.98. The zero-order chi connectivity index (χ0) is 16.8. The molecule has 0 saturated heterocycles. The lowest BCUT2D eigenvalue weighted by molar-refractivity contribution is 0.175. The maximum Gasteiger partial charge on any atom is 0.319 e. The summed E-state index contributed by atoms with van der Waals surface area (Å²) >= 11 is 6.03. The van der Waals surface area contributed by atoms with Crippen molar-refractivity contribution in [2.24, 2.45) is 0 Å². The van der Waals surface area contributed by atoms with E-state index in [-0.39, 0.29) is 6.54 Å². The predicted octanol–water partition coefficient (Wildman–Crippen LogP) is 3.51.